The number of fused-ring (bicyclic) bond motifs is 1. The first-order valence-corrected chi connectivity index (χ1v) is 6.19. The van der Waals surface area contributed by atoms with Gasteiger partial charge in [-0.15, -0.1) is 0 Å². The van der Waals surface area contributed by atoms with Gasteiger partial charge in [0.25, 0.3) is 0 Å². The number of hydrogen-bond acceptors (Lipinski definition) is 3. The summed E-state index contributed by atoms with van der Waals surface area (Å²) in [5.41, 5.74) is 5.68. The Hall–Kier alpha value is -2.41. The maximum Gasteiger partial charge on any atom is 0.419 e. The molecule has 4 nitrogen and oxygen atoms in total. The molecule has 2 aromatic heterocycles. The number of nitrogens with two attached hydrogens (primary N) is 1. The third kappa shape index (κ3) is 2.36. The minimum atomic E-state index is -4.43. The fourth-order valence-corrected chi connectivity index (χ4v) is 2.17. The van der Waals surface area contributed by atoms with Crippen molar-refractivity contribution < 1.29 is 13.2 Å². The zero-order chi connectivity index (χ0) is 15.0. The van der Waals surface area contributed by atoms with Gasteiger partial charge in [-0.05, 0) is 10.9 Å². The van der Waals surface area contributed by atoms with Crippen LogP contribution >= 0.6 is 0 Å². The highest BCUT2D eigenvalue weighted by Crippen LogP contribution is 2.30. The fourth-order valence-electron chi connectivity index (χ4n) is 2.17. The lowest BCUT2D eigenvalue weighted by molar-refractivity contribution is -0.137. The summed E-state index contributed by atoms with van der Waals surface area (Å²) < 4.78 is 39.1. The molecule has 0 aliphatic carbocycles. The molecular formula is C14H11F3N4. The third-order valence-corrected chi connectivity index (χ3v) is 3.20. The van der Waals surface area contributed by atoms with Crippen molar-refractivity contribution in [2.75, 3.05) is 0 Å². The predicted octanol–water partition coefficient (Wildman–Crippen LogP) is 2.90. The van der Waals surface area contributed by atoms with E-state index in [-0.39, 0.29) is 0 Å². The van der Waals surface area contributed by atoms with E-state index in [9.17, 15) is 13.2 Å². The molecule has 0 amide bonds. The summed E-state index contributed by atoms with van der Waals surface area (Å²) in [6.45, 7) is 0.306. The van der Waals surface area contributed by atoms with E-state index in [1.54, 1.807) is 18.3 Å². The standard InChI is InChI=1S/C14H11F3N4/c15-14(16,17)10-7-20-21(8-10)13-12-4-2-1-3-11(12)9(5-18)6-19-13/h1-4,6-8H,5,18H2. The minimum absolute atomic E-state index is 0.306. The van der Waals surface area contributed by atoms with E-state index in [1.165, 1.54) is 0 Å². The van der Waals surface area contributed by atoms with Crippen LogP contribution in [-0.2, 0) is 12.7 Å². The van der Waals surface area contributed by atoms with E-state index in [0.29, 0.717) is 17.7 Å². The van der Waals surface area contributed by atoms with Gasteiger partial charge in [0, 0.05) is 24.3 Å². The van der Waals surface area contributed by atoms with Gasteiger partial charge in [0.2, 0.25) is 0 Å². The number of hydrogen-bond donors (Lipinski definition) is 1. The number of nitrogens with zero attached hydrogens (tertiary/aromatic N) is 3. The van der Waals surface area contributed by atoms with Crippen molar-refractivity contribution in [2.24, 2.45) is 5.73 Å². The minimum Gasteiger partial charge on any atom is -0.326 e. The van der Waals surface area contributed by atoms with Crippen molar-refractivity contribution in [1.82, 2.24) is 14.8 Å². The van der Waals surface area contributed by atoms with Gasteiger partial charge in [-0.3, -0.25) is 0 Å². The second-order valence-corrected chi connectivity index (χ2v) is 4.53. The molecule has 7 heteroatoms. The second-order valence-electron chi connectivity index (χ2n) is 4.53. The van der Waals surface area contributed by atoms with Crippen LogP contribution in [0.4, 0.5) is 13.2 Å². The average molecular weight is 292 g/mol. The van der Waals surface area contributed by atoms with Crippen LogP contribution in [0.15, 0.2) is 42.9 Å². The Morgan fingerprint density at radius 3 is 2.43 bits per heavy atom. The van der Waals surface area contributed by atoms with Gasteiger partial charge in [-0.2, -0.15) is 18.3 Å². The number of benzene rings is 1. The van der Waals surface area contributed by atoms with Gasteiger partial charge >= 0.3 is 6.18 Å². The van der Waals surface area contributed by atoms with Crippen molar-refractivity contribution in [3.8, 4) is 5.82 Å². The maximum atomic E-state index is 12.7. The van der Waals surface area contributed by atoms with E-state index in [1.807, 2.05) is 12.1 Å². The van der Waals surface area contributed by atoms with Gasteiger partial charge in [-0.1, -0.05) is 24.3 Å². The molecule has 0 spiro atoms. The van der Waals surface area contributed by atoms with E-state index in [4.69, 9.17) is 5.73 Å². The molecule has 0 saturated heterocycles. The van der Waals surface area contributed by atoms with Crippen LogP contribution in [0.3, 0.4) is 0 Å². The molecule has 0 unspecified atom stereocenters. The number of alkyl halides is 3. The normalized spacial score (nSPS) is 12.0. The van der Waals surface area contributed by atoms with E-state index >= 15 is 0 Å². The highest BCUT2D eigenvalue weighted by molar-refractivity contribution is 5.90. The van der Waals surface area contributed by atoms with E-state index in [2.05, 4.69) is 10.1 Å². The molecule has 0 aliphatic rings. The van der Waals surface area contributed by atoms with Gasteiger partial charge in [0.15, 0.2) is 5.82 Å². The Balaban J connectivity index is 2.19. The van der Waals surface area contributed by atoms with Crippen molar-refractivity contribution in [3.05, 3.63) is 54.0 Å². The number of pyridine rings is 1. The van der Waals surface area contributed by atoms with E-state index in [0.717, 1.165) is 28.0 Å². The molecule has 0 bridgehead atoms. The zero-order valence-electron chi connectivity index (χ0n) is 10.8. The van der Waals surface area contributed by atoms with Crippen molar-refractivity contribution in [1.29, 1.82) is 0 Å². The van der Waals surface area contributed by atoms with Crippen LogP contribution in [0.2, 0.25) is 0 Å². The van der Waals surface area contributed by atoms with Crippen LogP contribution in [0.1, 0.15) is 11.1 Å². The number of halogens is 3. The lowest BCUT2D eigenvalue weighted by Gasteiger charge is -2.09. The summed E-state index contributed by atoms with van der Waals surface area (Å²) in [5.74, 6) is 0.346. The molecule has 1 aromatic carbocycles. The van der Waals surface area contributed by atoms with Crippen molar-refractivity contribution in [3.63, 3.8) is 0 Å². The smallest absolute Gasteiger partial charge is 0.326 e. The Morgan fingerprint density at radius 1 is 1.10 bits per heavy atom. The molecule has 0 fully saturated rings. The predicted molar refractivity (Wildman–Crippen MR) is 71.8 cm³/mol. The molecule has 0 saturated carbocycles. The third-order valence-electron chi connectivity index (χ3n) is 3.20. The summed E-state index contributed by atoms with van der Waals surface area (Å²) in [4.78, 5) is 4.20. The Kier molecular flexibility index (Phi) is 3.13. The topological polar surface area (TPSA) is 56.7 Å². The summed E-state index contributed by atoms with van der Waals surface area (Å²) in [6, 6.07) is 7.28. The highest BCUT2D eigenvalue weighted by atomic mass is 19.4. The first-order valence-electron chi connectivity index (χ1n) is 6.19. The SMILES string of the molecule is NCc1cnc(-n2cc(C(F)(F)F)cn2)c2ccccc12. The molecule has 0 atom stereocenters. The summed E-state index contributed by atoms with van der Waals surface area (Å²) >= 11 is 0. The molecule has 21 heavy (non-hydrogen) atoms. The van der Waals surface area contributed by atoms with Crippen LogP contribution in [0.5, 0.6) is 0 Å². The van der Waals surface area contributed by atoms with Crippen LogP contribution in [-0.4, -0.2) is 14.8 Å². The first kappa shape index (κ1) is 13.6. The fraction of sp³-hybridized carbons (Fsp3) is 0.143. The monoisotopic (exact) mass is 292 g/mol. The quantitative estimate of drug-likeness (QED) is 0.790. The van der Waals surface area contributed by atoms with Crippen LogP contribution in [0.25, 0.3) is 16.6 Å². The van der Waals surface area contributed by atoms with Crippen molar-refractivity contribution in [2.45, 2.75) is 12.7 Å². The first-order chi connectivity index (χ1) is 10.0. The van der Waals surface area contributed by atoms with Gasteiger partial charge in [-0.25, -0.2) is 9.67 Å². The van der Waals surface area contributed by atoms with Gasteiger partial charge in [0.05, 0.1) is 11.8 Å². The zero-order valence-corrected chi connectivity index (χ0v) is 10.8. The number of aromatic nitrogens is 3. The summed E-state index contributed by atoms with van der Waals surface area (Å²) in [6.07, 6.45) is -1.15. The highest BCUT2D eigenvalue weighted by Gasteiger charge is 2.32. The Morgan fingerprint density at radius 2 is 1.81 bits per heavy atom. The van der Waals surface area contributed by atoms with Crippen LogP contribution < -0.4 is 5.73 Å². The Bertz CT molecular complexity index is 792. The molecule has 3 rings (SSSR count). The Labute approximate surface area is 118 Å². The van der Waals surface area contributed by atoms with E-state index < -0.39 is 11.7 Å². The van der Waals surface area contributed by atoms with Gasteiger partial charge < -0.3 is 5.73 Å². The largest absolute Gasteiger partial charge is 0.419 e. The summed E-state index contributed by atoms with van der Waals surface area (Å²) in [5, 5.41) is 5.32. The number of rotatable bonds is 2. The molecular weight excluding hydrogens is 281 g/mol. The molecule has 2 heterocycles. The lowest BCUT2D eigenvalue weighted by Crippen LogP contribution is -2.05. The molecule has 0 radical (unpaired) electrons. The van der Waals surface area contributed by atoms with Gasteiger partial charge in [0.1, 0.15) is 0 Å². The average Bonchev–Trinajstić information content (AvgIpc) is 2.96. The molecule has 3 aromatic rings. The molecule has 2 N–H and O–H groups in total. The lowest BCUT2D eigenvalue weighted by atomic mass is 10.1. The van der Waals surface area contributed by atoms with Crippen LogP contribution in [0, 0.1) is 0 Å². The maximum absolute atomic E-state index is 12.7. The summed E-state index contributed by atoms with van der Waals surface area (Å²) in [7, 11) is 0. The second kappa shape index (κ2) is 4.85. The molecule has 108 valence electrons. The molecule has 0 aliphatic heterocycles. The van der Waals surface area contributed by atoms with Crippen molar-refractivity contribution >= 4 is 10.8 Å².